The van der Waals surface area contributed by atoms with Crippen LogP contribution in [0.2, 0.25) is 0 Å². The van der Waals surface area contributed by atoms with Crippen molar-refractivity contribution in [2.75, 3.05) is 11.1 Å². The maximum Gasteiger partial charge on any atom is 0.223 e. The van der Waals surface area contributed by atoms with E-state index in [4.69, 9.17) is 5.73 Å². The molecule has 1 aromatic carbocycles. The topological polar surface area (TPSA) is 80.9 Å². The van der Waals surface area contributed by atoms with Gasteiger partial charge in [-0.3, -0.25) is 4.79 Å². The number of fused-ring (bicyclic) bond motifs is 1. The maximum atomic E-state index is 11.1. The van der Waals surface area contributed by atoms with Gasteiger partial charge < -0.3 is 11.1 Å². The molecule has 0 aliphatic heterocycles. The highest BCUT2D eigenvalue weighted by atomic mass is 32.1. The Balaban J connectivity index is 2.06. The highest BCUT2D eigenvalue weighted by molar-refractivity contribution is 7.22. The van der Waals surface area contributed by atoms with Crippen molar-refractivity contribution in [2.24, 2.45) is 0 Å². The lowest BCUT2D eigenvalue weighted by Gasteiger charge is -2.06. The molecule has 5 nitrogen and oxygen atoms in total. The number of nitrogen functional groups attached to an aromatic ring is 1. The number of rotatable bonds is 2. The summed E-state index contributed by atoms with van der Waals surface area (Å²) in [5.74, 6) is 0.399. The first-order valence-electron chi connectivity index (χ1n) is 6.43. The lowest BCUT2D eigenvalue weighted by molar-refractivity contribution is -0.114. The van der Waals surface area contributed by atoms with Gasteiger partial charge in [-0.2, -0.15) is 0 Å². The number of pyridine rings is 1. The maximum absolute atomic E-state index is 11.1. The predicted octanol–water partition coefficient (Wildman–Crippen LogP) is 3.21. The fourth-order valence-electron chi connectivity index (χ4n) is 2.18. The summed E-state index contributed by atoms with van der Waals surface area (Å²) in [6, 6.07) is 7.86. The first-order chi connectivity index (χ1) is 10.0. The first kappa shape index (κ1) is 13.5. The van der Waals surface area contributed by atoms with E-state index in [1.807, 2.05) is 25.1 Å². The van der Waals surface area contributed by atoms with Crippen molar-refractivity contribution in [2.45, 2.75) is 13.8 Å². The Morgan fingerprint density at radius 1 is 1.33 bits per heavy atom. The number of nitrogens with two attached hydrogens (primary N) is 1. The van der Waals surface area contributed by atoms with Gasteiger partial charge in [-0.05, 0) is 36.2 Å². The van der Waals surface area contributed by atoms with E-state index in [1.54, 1.807) is 6.20 Å². The van der Waals surface area contributed by atoms with Crippen molar-refractivity contribution in [1.82, 2.24) is 9.97 Å². The molecule has 2 heterocycles. The van der Waals surface area contributed by atoms with Gasteiger partial charge in [0.25, 0.3) is 0 Å². The Morgan fingerprint density at radius 2 is 2.14 bits per heavy atom. The second-order valence-electron chi connectivity index (χ2n) is 4.81. The Hall–Kier alpha value is -2.47. The fraction of sp³-hybridized carbons (Fsp3) is 0.133. The molecule has 3 rings (SSSR count). The number of aryl methyl sites for hydroxylation is 1. The Bertz CT molecular complexity index is 841. The minimum Gasteiger partial charge on any atom is -0.384 e. The molecule has 21 heavy (non-hydrogen) atoms. The second-order valence-corrected chi connectivity index (χ2v) is 5.84. The molecule has 0 atom stereocenters. The third-order valence-electron chi connectivity index (χ3n) is 3.11. The fourth-order valence-corrected chi connectivity index (χ4v) is 3.13. The summed E-state index contributed by atoms with van der Waals surface area (Å²) >= 11 is 1.46. The van der Waals surface area contributed by atoms with Crippen LogP contribution in [0.5, 0.6) is 0 Å². The summed E-state index contributed by atoms with van der Waals surface area (Å²) in [7, 11) is 0. The van der Waals surface area contributed by atoms with Gasteiger partial charge in [-0.1, -0.05) is 17.4 Å². The van der Waals surface area contributed by atoms with Crippen LogP contribution >= 0.6 is 11.3 Å². The smallest absolute Gasteiger partial charge is 0.223 e. The van der Waals surface area contributed by atoms with Gasteiger partial charge in [0.2, 0.25) is 5.91 Å². The van der Waals surface area contributed by atoms with Gasteiger partial charge in [0.15, 0.2) is 5.13 Å². The largest absolute Gasteiger partial charge is 0.384 e. The number of carbonyl (C=O) groups excluding carboxylic acids is 1. The number of anilines is 2. The van der Waals surface area contributed by atoms with Crippen LogP contribution in [0, 0.1) is 6.92 Å². The summed E-state index contributed by atoms with van der Waals surface area (Å²) in [6.45, 7) is 3.48. The molecule has 0 radical (unpaired) electrons. The summed E-state index contributed by atoms with van der Waals surface area (Å²) in [5.41, 5.74) is 9.74. The molecule has 2 aromatic heterocycles. The van der Waals surface area contributed by atoms with Crippen LogP contribution in [0.25, 0.3) is 21.3 Å². The highest BCUT2D eigenvalue weighted by Gasteiger charge is 2.08. The van der Waals surface area contributed by atoms with Gasteiger partial charge in [-0.25, -0.2) is 9.97 Å². The number of thiazole rings is 1. The summed E-state index contributed by atoms with van der Waals surface area (Å²) < 4.78 is 1.02. The van der Waals surface area contributed by atoms with Crippen LogP contribution in [0.3, 0.4) is 0 Å². The van der Waals surface area contributed by atoms with E-state index in [1.165, 1.54) is 18.3 Å². The predicted molar refractivity (Wildman–Crippen MR) is 86.3 cm³/mol. The van der Waals surface area contributed by atoms with E-state index in [9.17, 15) is 4.79 Å². The van der Waals surface area contributed by atoms with Crippen molar-refractivity contribution >= 4 is 38.4 Å². The molecule has 0 bridgehead atoms. The molecular weight excluding hydrogens is 284 g/mol. The van der Waals surface area contributed by atoms with Gasteiger partial charge in [0, 0.05) is 18.7 Å². The van der Waals surface area contributed by atoms with Crippen LogP contribution in [0.4, 0.5) is 10.9 Å². The lowest BCUT2D eigenvalue weighted by atomic mass is 10.0. The molecule has 0 unspecified atom stereocenters. The van der Waals surface area contributed by atoms with Crippen LogP contribution in [-0.4, -0.2) is 15.9 Å². The minimum atomic E-state index is -0.118. The van der Waals surface area contributed by atoms with Crippen molar-refractivity contribution in [3.05, 3.63) is 36.0 Å². The van der Waals surface area contributed by atoms with Gasteiger partial charge in [-0.15, -0.1) is 0 Å². The number of benzene rings is 1. The molecule has 0 saturated carbocycles. The number of nitrogens with one attached hydrogen (secondary N) is 1. The Morgan fingerprint density at radius 3 is 2.86 bits per heavy atom. The average Bonchev–Trinajstić information content (AvgIpc) is 2.78. The van der Waals surface area contributed by atoms with E-state index < -0.39 is 0 Å². The van der Waals surface area contributed by atoms with Gasteiger partial charge in [0.1, 0.15) is 5.82 Å². The monoisotopic (exact) mass is 298 g/mol. The van der Waals surface area contributed by atoms with E-state index >= 15 is 0 Å². The normalized spacial score (nSPS) is 10.8. The summed E-state index contributed by atoms with van der Waals surface area (Å²) in [5, 5.41) is 3.32. The SMILES string of the molecule is CC(=O)Nc1nc2ccc(-c3cnc(N)cc3C)cc2s1. The number of aromatic nitrogens is 2. The zero-order valence-electron chi connectivity index (χ0n) is 11.7. The zero-order chi connectivity index (χ0) is 15.0. The molecule has 6 heteroatoms. The number of nitrogens with zero attached hydrogens (tertiary/aromatic N) is 2. The molecule has 1 amide bonds. The van der Waals surface area contributed by atoms with Gasteiger partial charge in [0.05, 0.1) is 10.2 Å². The zero-order valence-corrected chi connectivity index (χ0v) is 12.5. The van der Waals surface area contributed by atoms with E-state index in [0.717, 1.165) is 26.9 Å². The third-order valence-corrected chi connectivity index (χ3v) is 4.05. The number of hydrogen-bond donors (Lipinski definition) is 2. The average molecular weight is 298 g/mol. The Labute approximate surface area is 125 Å². The van der Waals surface area contributed by atoms with Crippen molar-refractivity contribution in [3.63, 3.8) is 0 Å². The van der Waals surface area contributed by atoms with Crippen LogP contribution < -0.4 is 11.1 Å². The molecule has 0 fully saturated rings. The summed E-state index contributed by atoms with van der Waals surface area (Å²) in [6.07, 6.45) is 1.78. The highest BCUT2D eigenvalue weighted by Crippen LogP contribution is 2.31. The van der Waals surface area contributed by atoms with Crippen LogP contribution in [0.15, 0.2) is 30.5 Å². The van der Waals surface area contributed by atoms with E-state index in [0.29, 0.717) is 10.9 Å². The molecule has 106 valence electrons. The molecule has 0 saturated heterocycles. The number of carbonyl (C=O) groups is 1. The molecule has 3 aromatic rings. The third kappa shape index (κ3) is 2.71. The first-order valence-corrected chi connectivity index (χ1v) is 7.25. The lowest BCUT2D eigenvalue weighted by Crippen LogP contribution is -2.04. The standard InChI is InChI=1S/C15H14N4OS/c1-8-5-14(16)17-7-11(8)10-3-4-12-13(6-10)21-15(19-12)18-9(2)20/h3-7H,1-2H3,(H2,16,17)(H,18,19,20). The number of amides is 1. The molecule has 0 aliphatic carbocycles. The van der Waals surface area contributed by atoms with Crippen molar-refractivity contribution in [1.29, 1.82) is 0 Å². The summed E-state index contributed by atoms with van der Waals surface area (Å²) in [4.78, 5) is 19.6. The Kier molecular flexibility index (Phi) is 3.31. The molecule has 0 aliphatic rings. The van der Waals surface area contributed by atoms with E-state index in [-0.39, 0.29) is 5.91 Å². The van der Waals surface area contributed by atoms with Crippen LogP contribution in [-0.2, 0) is 4.79 Å². The second kappa shape index (κ2) is 5.14. The molecule has 0 spiro atoms. The quantitative estimate of drug-likeness (QED) is 0.761. The number of hydrogen-bond acceptors (Lipinski definition) is 5. The minimum absolute atomic E-state index is 0.118. The van der Waals surface area contributed by atoms with Gasteiger partial charge >= 0.3 is 0 Å². The molecular formula is C15H14N4OS. The van der Waals surface area contributed by atoms with E-state index in [2.05, 4.69) is 21.4 Å². The van der Waals surface area contributed by atoms with Crippen molar-refractivity contribution < 1.29 is 4.79 Å². The molecule has 3 N–H and O–H groups in total. The van der Waals surface area contributed by atoms with Crippen LogP contribution in [0.1, 0.15) is 12.5 Å². The van der Waals surface area contributed by atoms with Crippen molar-refractivity contribution in [3.8, 4) is 11.1 Å².